The molecular weight excluding hydrogens is 226 g/mol. The molecule has 0 bridgehead atoms. The van der Waals surface area contributed by atoms with E-state index in [9.17, 15) is 0 Å². The molecule has 1 aromatic carbocycles. The number of nitrogens with two attached hydrogens (primary N) is 1. The van der Waals surface area contributed by atoms with Crippen molar-refractivity contribution >= 4 is 11.3 Å². The van der Waals surface area contributed by atoms with Crippen molar-refractivity contribution in [3.8, 4) is 17.5 Å². The molecule has 0 aliphatic heterocycles. The van der Waals surface area contributed by atoms with Crippen LogP contribution < -0.4 is 5.73 Å². The number of benzene rings is 1. The summed E-state index contributed by atoms with van der Waals surface area (Å²) in [6, 6.07) is 12.8. The minimum Gasteiger partial charge on any atom is -0.399 e. The standard InChI is InChI=1S/C13H9N5/c14-8-9-5-6-18-12(7-9)16-13(17-18)10-1-3-11(15)4-2-10/h1-7H,15H2. The molecule has 0 saturated heterocycles. The predicted octanol–water partition coefficient (Wildman–Crippen LogP) is 1.85. The molecule has 2 N–H and O–H groups in total. The largest absolute Gasteiger partial charge is 0.399 e. The molecule has 0 spiro atoms. The maximum atomic E-state index is 8.83. The fraction of sp³-hybridized carbons (Fsp3) is 0. The Labute approximate surface area is 103 Å². The lowest BCUT2D eigenvalue weighted by Gasteiger charge is -1.94. The molecule has 0 atom stereocenters. The highest BCUT2D eigenvalue weighted by Gasteiger charge is 2.06. The highest BCUT2D eigenvalue weighted by molar-refractivity contribution is 5.61. The summed E-state index contributed by atoms with van der Waals surface area (Å²) < 4.78 is 1.65. The molecule has 3 rings (SSSR count). The number of nitrogens with zero attached hydrogens (tertiary/aromatic N) is 4. The number of aromatic nitrogens is 3. The fourth-order valence-corrected chi connectivity index (χ4v) is 1.71. The van der Waals surface area contributed by atoms with Gasteiger partial charge in [0.15, 0.2) is 11.5 Å². The van der Waals surface area contributed by atoms with Gasteiger partial charge in [-0.2, -0.15) is 5.26 Å². The van der Waals surface area contributed by atoms with Gasteiger partial charge in [0.1, 0.15) is 0 Å². The van der Waals surface area contributed by atoms with Crippen LogP contribution in [0.1, 0.15) is 5.56 Å². The minimum atomic E-state index is 0.568. The first kappa shape index (κ1) is 10.3. The summed E-state index contributed by atoms with van der Waals surface area (Å²) in [4.78, 5) is 4.38. The number of rotatable bonds is 1. The maximum absolute atomic E-state index is 8.83. The van der Waals surface area contributed by atoms with E-state index in [4.69, 9.17) is 11.0 Å². The molecule has 0 unspecified atom stereocenters. The van der Waals surface area contributed by atoms with Gasteiger partial charge in [0.05, 0.1) is 11.6 Å². The van der Waals surface area contributed by atoms with E-state index in [1.54, 1.807) is 22.8 Å². The van der Waals surface area contributed by atoms with E-state index in [0.29, 0.717) is 22.7 Å². The summed E-state index contributed by atoms with van der Waals surface area (Å²) in [6.07, 6.45) is 1.72. The SMILES string of the molecule is N#Cc1ccn2nc(-c3ccc(N)cc3)nc2c1. The molecule has 5 nitrogen and oxygen atoms in total. The predicted molar refractivity (Wildman–Crippen MR) is 67.6 cm³/mol. The van der Waals surface area contributed by atoms with Crippen molar-refractivity contribution in [3.05, 3.63) is 48.2 Å². The Morgan fingerprint density at radius 2 is 1.94 bits per heavy atom. The first-order chi connectivity index (χ1) is 8.76. The molecule has 2 aromatic heterocycles. The van der Waals surface area contributed by atoms with E-state index in [0.717, 1.165) is 5.56 Å². The van der Waals surface area contributed by atoms with Crippen molar-refractivity contribution in [2.75, 3.05) is 5.73 Å². The van der Waals surface area contributed by atoms with Crippen LogP contribution in [0.5, 0.6) is 0 Å². The zero-order valence-corrected chi connectivity index (χ0v) is 9.41. The summed E-state index contributed by atoms with van der Waals surface area (Å²) in [5, 5.41) is 13.2. The molecule has 5 heteroatoms. The number of hydrogen-bond acceptors (Lipinski definition) is 4. The van der Waals surface area contributed by atoms with Gasteiger partial charge >= 0.3 is 0 Å². The summed E-state index contributed by atoms with van der Waals surface area (Å²) in [7, 11) is 0. The summed E-state index contributed by atoms with van der Waals surface area (Å²) in [6.45, 7) is 0. The molecule has 86 valence electrons. The van der Waals surface area contributed by atoms with Gasteiger partial charge in [-0.1, -0.05) is 0 Å². The van der Waals surface area contributed by atoms with E-state index >= 15 is 0 Å². The topological polar surface area (TPSA) is 80.0 Å². The van der Waals surface area contributed by atoms with E-state index in [1.165, 1.54) is 0 Å². The molecule has 2 heterocycles. The Kier molecular flexibility index (Phi) is 2.21. The van der Waals surface area contributed by atoms with Crippen molar-refractivity contribution in [2.24, 2.45) is 0 Å². The second-order valence-electron chi connectivity index (χ2n) is 3.89. The third kappa shape index (κ3) is 1.66. The Hall–Kier alpha value is -2.87. The van der Waals surface area contributed by atoms with Crippen LogP contribution >= 0.6 is 0 Å². The van der Waals surface area contributed by atoms with Gasteiger partial charge in [-0.15, -0.1) is 5.10 Å². The van der Waals surface area contributed by atoms with Crippen LogP contribution in [0.4, 0.5) is 5.69 Å². The van der Waals surface area contributed by atoms with Crippen molar-refractivity contribution < 1.29 is 0 Å². The third-order valence-electron chi connectivity index (χ3n) is 2.64. The van der Waals surface area contributed by atoms with Gasteiger partial charge in [-0.25, -0.2) is 9.50 Å². The van der Waals surface area contributed by atoms with Crippen LogP contribution in [-0.4, -0.2) is 14.6 Å². The Morgan fingerprint density at radius 1 is 1.17 bits per heavy atom. The van der Waals surface area contributed by atoms with E-state index in [-0.39, 0.29) is 0 Å². The lowest BCUT2D eigenvalue weighted by Crippen LogP contribution is -1.87. The van der Waals surface area contributed by atoms with Crippen molar-refractivity contribution in [3.63, 3.8) is 0 Å². The Balaban J connectivity index is 2.13. The molecule has 0 radical (unpaired) electrons. The highest BCUT2D eigenvalue weighted by Crippen LogP contribution is 2.18. The van der Waals surface area contributed by atoms with Crippen LogP contribution in [0.15, 0.2) is 42.6 Å². The van der Waals surface area contributed by atoms with Crippen molar-refractivity contribution in [1.29, 1.82) is 5.26 Å². The zero-order valence-electron chi connectivity index (χ0n) is 9.41. The molecule has 0 amide bonds. The third-order valence-corrected chi connectivity index (χ3v) is 2.64. The van der Waals surface area contributed by atoms with Crippen LogP contribution in [0.3, 0.4) is 0 Å². The second kappa shape index (κ2) is 3.86. The van der Waals surface area contributed by atoms with Crippen molar-refractivity contribution in [2.45, 2.75) is 0 Å². The average Bonchev–Trinajstić information content (AvgIpc) is 2.82. The number of nitrogen functional groups attached to an aromatic ring is 1. The summed E-state index contributed by atoms with van der Waals surface area (Å²) in [5.41, 5.74) is 8.46. The monoisotopic (exact) mass is 235 g/mol. The lowest BCUT2D eigenvalue weighted by molar-refractivity contribution is 0.964. The number of anilines is 1. The number of hydrogen-bond donors (Lipinski definition) is 1. The molecule has 0 aliphatic carbocycles. The van der Waals surface area contributed by atoms with E-state index in [1.807, 2.05) is 24.3 Å². The molecule has 0 saturated carbocycles. The van der Waals surface area contributed by atoms with E-state index in [2.05, 4.69) is 16.2 Å². The quantitative estimate of drug-likeness (QED) is 0.653. The van der Waals surface area contributed by atoms with Crippen LogP contribution in [0.25, 0.3) is 17.0 Å². The first-order valence-corrected chi connectivity index (χ1v) is 5.39. The van der Waals surface area contributed by atoms with Crippen LogP contribution in [-0.2, 0) is 0 Å². The van der Waals surface area contributed by atoms with Crippen LogP contribution in [0.2, 0.25) is 0 Å². The molecule has 0 fully saturated rings. The minimum absolute atomic E-state index is 0.568. The van der Waals surface area contributed by atoms with Crippen molar-refractivity contribution in [1.82, 2.24) is 14.6 Å². The maximum Gasteiger partial charge on any atom is 0.182 e. The van der Waals surface area contributed by atoms with Gasteiger partial charge in [0.2, 0.25) is 0 Å². The van der Waals surface area contributed by atoms with Gasteiger partial charge in [-0.05, 0) is 30.3 Å². The van der Waals surface area contributed by atoms with Gasteiger partial charge in [-0.3, -0.25) is 0 Å². The molecule has 3 aromatic rings. The number of pyridine rings is 1. The fourth-order valence-electron chi connectivity index (χ4n) is 1.71. The first-order valence-electron chi connectivity index (χ1n) is 5.39. The van der Waals surface area contributed by atoms with E-state index < -0.39 is 0 Å². The normalized spacial score (nSPS) is 10.4. The highest BCUT2D eigenvalue weighted by atomic mass is 15.3. The zero-order chi connectivity index (χ0) is 12.5. The smallest absolute Gasteiger partial charge is 0.182 e. The van der Waals surface area contributed by atoms with Gasteiger partial charge in [0.25, 0.3) is 0 Å². The summed E-state index contributed by atoms with van der Waals surface area (Å²) in [5.74, 6) is 0.616. The Bertz CT molecular complexity index is 749. The molecule has 18 heavy (non-hydrogen) atoms. The molecular formula is C13H9N5. The van der Waals surface area contributed by atoms with Gasteiger partial charge in [0, 0.05) is 23.5 Å². The number of fused-ring (bicyclic) bond motifs is 1. The number of nitriles is 1. The van der Waals surface area contributed by atoms with Crippen LogP contribution in [0, 0.1) is 11.3 Å². The Morgan fingerprint density at radius 3 is 2.67 bits per heavy atom. The summed E-state index contributed by atoms with van der Waals surface area (Å²) >= 11 is 0. The average molecular weight is 235 g/mol. The van der Waals surface area contributed by atoms with Gasteiger partial charge < -0.3 is 5.73 Å². The lowest BCUT2D eigenvalue weighted by atomic mass is 10.2. The second-order valence-corrected chi connectivity index (χ2v) is 3.89. The molecule has 0 aliphatic rings.